The third-order valence-electron chi connectivity index (χ3n) is 6.43. The van der Waals surface area contributed by atoms with Crippen LogP contribution < -0.4 is 0 Å². The maximum atomic E-state index is 13.2. The van der Waals surface area contributed by atoms with E-state index in [2.05, 4.69) is 9.55 Å². The molecule has 1 saturated heterocycles. The summed E-state index contributed by atoms with van der Waals surface area (Å²) in [7, 11) is 0. The van der Waals surface area contributed by atoms with Crippen LogP contribution in [-0.4, -0.2) is 44.5 Å². The molecule has 0 radical (unpaired) electrons. The van der Waals surface area contributed by atoms with Crippen LogP contribution in [0, 0.1) is 25.2 Å². The Kier molecular flexibility index (Phi) is 4.29. The molecule has 2 aromatic heterocycles. The van der Waals surface area contributed by atoms with Gasteiger partial charge in [-0.2, -0.15) is 0 Å². The Labute approximate surface area is 158 Å². The number of aliphatic carboxylic acids is 1. The number of carboxylic acid groups (broad SMARTS) is 1. The highest BCUT2D eigenvalue weighted by atomic mass is 16.4. The number of carbonyl (C=O) groups excluding carboxylic acids is 1. The summed E-state index contributed by atoms with van der Waals surface area (Å²) in [5, 5.41) is 9.76. The molecule has 4 rings (SSSR count). The molecule has 27 heavy (non-hydrogen) atoms. The summed E-state index contributed by atoms with van der Waals surface area (Å²) >= 11 is 0. The molecule has 1 saturated carbocycles. The Bertz CT molecular complexity index is 890. The highest BCUT2D eigenvalue weighted by Crippen LogP contribution is 2.49. The van der Waals surface area contributed by atoms with Gasteiger partial charge in [-0.15, -0.1) is 0 Å². The number of nitrogens with zero attached hydrogens (tertiary/aromatic N) is 3. The van der Waals surface area contributed by atoms with E-state index in [0.717, 1.165) is 29.9 Å². The maximum Gasteiger partial charge on any atom is 0.311 e. The van der Waals surface area contributed by atoms with Crippen molar-refractivity contribution in [3.63, 3.8) is 0 Å². The first-order valence-corrected chi connectivity index (χ1v) is 9.52. The minimum atomic E-state index is -0.749. The van der Waals surface area contributed by atoms with E-state index >= 15 is 0 Å². The molecule has 2 aliphatic rings. The van der Waals surface area contributed by atoms with Crippen molar-refractivity contribution >= 4 is 11.9 Å². The summed E-state index contributed by atoms with van der Waals surface area (Å²) in [5.74, 6) is -0.720. The molecule has 1 aliphatic carbocycles. The van der Waals surface area contributed by atoms with E-state index in [-0.39, 0.29) is 11.8 Å². The predicted molar refractivity (Wildman–Crippen MR) is 101 cm³/mol. The van der Waals surface area contributed by atoms with Gasteiger partial charge in [-0.25, -0.2) is 0 Å². The molecule has 0 spiro atoms. The number of hydrogen-bond acceptors (Lipinski definition) is 3. The SMILES string of the molecule is Cc1cc(C(=O)N2C[C@@H]3CCC[C@@]3(C(=O)O)C2)c(C)n1Cc1ccccn1. The maximum absolute atomic E-state index is 13.2. The van der Waals surface area contributed by atoms with Gasteiger partial charge in [0.1, 0.15) is 0 Å². The molecule has 0 unspecified atom stereocenters. The lowest BCUT2D eigenvalue weighted by Gasteiger charge is -2.23. The fourth-order valence-electron chi connectivity index (χ4n) is 4.88. The molecule has 1 aliphatic heterocycles. The van der Waals surface area contributed by atoms with E-state index in [1.54, 1.807) is 11.1 Å². The molecule has 2 atom stereocenters. The standard InChI is InChI=1S/C21H25N3O3/c1-14-10-18(15(2)24(14)12-17-7-3-4-9-22-17)19(25)23-11-16-6-5-8-21(16,13-23)20(26)27/h3-4,7,9-10,16H,5-6,8,11-13H2,1-2H3,(H,26,27)/t16-,21+/m0/s1. The highest BCUT2D eigenvalue weighted by molar-refractivity contribution is 5.96. The Balaban J connectivity index is 1.58. The van der Waals surface area contributed by atoms with Crippen molar-refractivity contribution in [1.82, 2.24) is 14.5 Å². The van der Waals surface area contributed by atoms with E-state index in [1.807, 2.05) is 38.1 Å². The summed E-state index contributed by atoms with van der Waals surface area (Å²) in [6.45, 7) is 5.44. The van der Waals surface area contributed by atoms with Gasteiger partial charge >= 0.3 is 5.97 Å². The van der Waals surface area contributed by atoms with Crippen molar-refractivity contribution in [2.75, 3.05) is 13.1 Å². The highest BCUT2D eigenvalue weighted by Gasteiger charge is 2.55. The van der Waals surface area contributed by atoms with E-state index in [4.69, 9.17) is 0 Å². The molecule has 0 aromatic carbocycles. The van der Waals surface area contributed by atoms with Gasteiger partial charge in [0.15, 0.2) is 0 Å². The monoisotopic (exact) mass is 367 g/mol. The molecule has 1 N–H and O–H groups in total. The van der Waals surface area contributed by atoms with Gasteiger partial charge in [-0.05, 0) is 50.8 Å². The van der Waals surface area contributed by atoms with Gasteiger partial charge in [0, 0.05) is 30.7 Å². The molecular weight excluding hydrogens is 342 g/mol. The second-order valence-corrected chi connectivity index (χ2v) is 7.93. The molecule has 6 nitrogen and oxygen atoms in total. The van der Waals surface area contributed by atoms with Crippen molar-refractivity contribution in [2.45, 2.75) is 39.7 Å². The lowest BCUT2D eigenvalue weighted by molar-refractivity contribution is -0.149. The Morgan fingerprint density at radius 2 is 2.15 bits per heavy atom. The molecule has 2 aromatic rings. The fourth-order valence-corrected chi connectivity index (χ4v) is 4.88. The number of likely N-dealkylation sites (tertiary alicyclic amines) is 1. The Morgan fingerprint density at radius 3 is 2.81 bits per heavy atom. The summed E-state index contributed by atoms with van der Waals surface area (Å²) in [6, 6.07) is 7.73. The van der Waals surface area contributed by atoms with Gasteiger partial charge in [-0.1, -0.05) is 12.5 Å². The lowest BCUT2D eigenvalue weighted by Crippen LogP contribution is -2.37. The van der Waals surface area contributed by atoms with Crippen LogP contribution in [0.15, 0.2) is 30.5 Å². The van der Waals surface area contributed by atoms with Crippen molar-refractivity contribution in [2.24, 2.45) is 11.3 Å². The van der Waals surface area contributed by atoms with Crippen LogP contribution in [0.3, 0.4) is 0 Å². The number of pyridine rings is 1. The number of rotatable bonds is 4. The van der Waals surface area contributed by atoms with Gasteiger partial charge in [0.25, 0.3) is 5.91 Å². The second kappa shape index (κ2) is 6.51. The average molecular weight is 367 g/mol. The molecule has 0 bridgehead atoms. The minimum absolute atomic E-state index is 0.0506. The third kappa shape index (κ3) is 2.83. The van der Waals surface area contributed by atoms with Crippen molar-refractivity contribution < 1.29 is 14.7 Å². The minimum Gasteiger partial charge on any atom is -0.481 e. The van der Waals surface area contributed by atoms with E-state index < -0.39 is 11.4 Å². The van der Waals surface area contributed by atoms with E-state index in [0.29, 0.717) is 31.6 Å². The molecule has 3 heterocycles. The van der Waals surface area contributed by atoms with Crippen LogP contribution in [0.25, 0.3) is 0 Å². The first kappa shape index (κ1) is 17.8. The zero-order valence-corrected chi connectivity index (χ0v) is 15.8. The van der Waals surface area contributed by atoms with Crippen molar-refractivity contribution in [3.05, 3.63) is 53.1 Å². The zero-order chi connectivity index (χ0) is 19.2. The predicted octanol–water partition coefficient (Wildman–Crippen LogP) is 2.88. The number of hydrogen-bond donors (Lipinski definition) is 1. The zero-order valence-electron chi connectivity index (χ0n) is 15.8. The average Bonchev–Trinajstić information content (AvgIpc) is 3.29. The molecule has 1 amide bonds. The van der Waals surface area contributed by atoms with Crippen molar-refractivity contribution in [1.29, 1.82) is 0 Å². The first-order valence-electron chi connectivity index (χ1n) is 9.52. The molecule has 6 heteroatoms. The molecule has 142 valence electrons. The second-order valence-electron chi connectivity index (χ2n) is 7.93. The fraction of sp³-hybridized carbons (Fsp3) is 0.476. The van der Waals surface area contributed by atoms with E-state index in [9.17, 15) is 14.7 Å². The summed E-state index contributed by atoms with van der Waals surface area (Å²) < 4.78 is 2.10. The van der Waals surface area contributed by atoms with E-state index in [1.165, 1.54) is 0 Å². The summed E-state index contributed by atoms with van der Waals surface area (Å²) in [5.41, 5.74) is 2.79. The number of aryl methyl sites for hydroxylation is 1. The lowest BCUT2D eigenvalue weighted by atomic mass is 9.81. The normalized spacial score (nSPS) is 24.2. The van der Waals surface area contributed by atoms with Crippen molar-refractivity contribution in [3.8, 4) is 0 Å². The van der Waals surface area contributed by atoms with Gasteiger partial charge < -0.3 is 14.6 Å². The van der Waals surface area contributed by atoms with Crippen LogP contribution in [0.2, 0.25) is 0 Å². The number of aromatic nitrogens is 2. The van der Waals surface area contributed by atoms with Crippen LogP contribution >= 0.6 is 0 Å². The van der Waals surface area contributed by atoms with Crippen LogP contribution in [0.4, 0.5) is 0 Å². The third-order valence-corrected chi connectivity index (χ3v) is 6.43. The summed E-state index contributed by atoms with van der Waals surface area (Å²) in [6.07, 6.45) is 4.28. The quantitative estimate of drug-likeness (QED) is 0.902. The van der Waals surface area contributed by atoms with Crippen LogP contribution in [0.1, 0.15) is 46.7 Å². The molecule has 2 fully saturated rings. The topological polar surface area (TPSA) is 75.4 Å². The summed E-state index contributed by atoms with van der Waals surface area (Å²) in [4.78, 5) is 31.2. The molecular formula is C21H25N3O3. The van der Waals surface area contributed by atoms with Gasteiger partial charge in [-0.3, -0.25) is 14.6 Å². The van der Waals surface area contributed by atoms with Crippen LogP contribution in [0.5, 0.6) is 0 Å². The largest absolute Gasteiger partial charge is 0.481 e. The number of amides is 1. The van der Waals surface area contributed by atoms with Crippen LogP contribution in [-0.2, 0) is 11.3 Å². The first-order chi connectivity index (χ1) is 12.9. The smallest absolute Gasteiger partial charge is 0.311 e. The van der Waals surface area contributed by atoms with Gasteiger partial charge in [0.2, 0.25) is 0 Å². The Hall–Kier alpha value is -2.63. The van der Waals surface area contributed by atoms with Gasteiger partial charge in [0.05, 0.1) is 23.2 Å². The number of carbonyl (C=O) groups is 2. The Morgan fingerprint density at radius 1 is 1.33 bits per heavy atom. The number of fused-ring (bicyclic) bond motifs is 1. The number of carboxylic acids is 1.